The molecule has 2 N–H and O–H groups in total. The highest BCUT2D eigenvalue weighted by molar-refractivity contribution is 5.87. The van der Waals surface area contributed by atoms with Crippen molar-refractivity contribution in [1.82, 2.24) is 10.6 Å². The lowest BCUT2D eigenvalue weighted by molar-refractivity contribution is -0.151. The third-order valence-corrected chi connectivity index (χ3v) is 7.98. The molecule has 6 rings (SSSR count). The maximum absolute atomic E-state index is 13.8. The largest absolute Gasteiger partial charge is 0.467 e. The first-order valence-electron chi connectivity index (χ1n) is 14.6. The molecule has 9 nitrogen and oxygen atoms in total. The summed E-state index contributed by atoms with van der Waals surface area (Å²) in [7, 11) is 1.29. The lowest BCUT2D eigenvalue weighted by Gasteiger charge is -2.27. The molecule has 1 aliphatic heterocycles. The van der Waals surface area contributed by atoms with E-state index in [1.807, 2.05) is 84.9 Å². The van der Waals surface area contributed by atoms with Crippen molar-refractivity contribution >= 4 is 23.7 Å². The summed E-state index contributed by atoms with van der Waals surface area (Å²) in [6.45, 7) is 0.124. The maximum Gasteiger partial charge on any atom is 0.407 e. The zero-order valence-corrected chi connectivity index (χ0v) is 24.2. The van der Waals surface area contributed by atoms with Gasteiger partial charge in [0.1, 0.15) is 18.8 Å². The Morgan fingerprint density at radius 3 is 2.07 bits per heavy atom. The smallest absolute Gasteiger partial charge is 0.407 e. The molecular weight excluding hydrogens is 558 g/mol. The van der Waals surface area contributed by atoms with E-state index in [-0.39, 0.29) is 25.4 Å². The summed E-state index contributed by atoms with van der Waals surface area (Å²) < 4.78 is 10.6. The Hall–Kier alpha value is -5.15. The molecule has 1 saturated heterocycles. The van der Waals surface area contributed by atoms with Gasteiger partial charge in [-0.3, -0.25) is 9.63 Å². The van der Waals surface area contributed by atoms with Gasteiger partial charge in [0.05, 0.1) is 12.8 Å². The summed E-state index contributed by atoms with van der Waals surface area (Å²) in [5, 5.41) is 7.25. The zero-order chi connectivity index (χ0) is 30.5. The number of alkyl carbamates (subject to hydrolysis) is 1. The van der Waals surface area contributed by atoms with Crippen LogP contribution in [-0.2, 0) is 30.3 Å². The average molecular weight is 592 g/mol. The minimum atomic E-state index is -0.956. The van der Waals surface area contributed by atoms with E-state index in [4.69, 9.17) is 14.3 Å². The number of esters is 1. The molecule has 1 heterocycles. The van der Waals surface area contributed by atoms with Gasteiger partial charge in [-0.15, -0.1) is 0 Å². The first kappa shape index (κ1) is 28.9. The van der Waals surface area contributed by atoms with Crippen LogP contribution >= 0.6 is 0 Å². The number of anilines is 1. The second-order valence-electron chi connectivity index (χ2n) is 10.8. The van der Waals surface area contributed by atoms with E-state index in [1.165, 1.54) is 12.2 Å². The van der Waals surface area contributed by atoms with Crippen LogP contribution in [0.2, 0.25) is 0 Å². The molecule has 0 unspecified atom stereocenters. The lowest BCUT2D eigenvalue weighted by Crippen LogP contribution is -2.53. The van der Waals surface area contributed by atoms with Gasteiger partial charge in [-0.25, -0.2) is 14.7 Å². The molecule has 1 fully saturated rings. The molecule has 0 bridgehead atoms. The normalized spacial score (nSPS) is 17.7. The Bertz CT molecular complexity index is 1580. The van der Waals surface area contributed by atoms with Crippen LogP contribution in [0.25, 0.3) is 11.1 Å². The molecule has 0 saturated carbocycles. The van der Waals surface area contributed by atoms with Crippen molar-refractivity contribution in [3.8, 4) is 11.1 Å². The van der Waals surface area contributed by atoms with E-state index in [0.717, 1.165) is 27.8 Å². The van der Waals surface area contributed by atoms with Gasteiger partial charge in [0.25, 0.3) is 0 Å². The number of amides is 2. The lowest BCUT2D eigenvalue weighted by atomic mass is 9.98. The summed E-state index contributed by atoms with van der Waals surface area (Å²) in [5.41, 5.74) is 5.98. The summed E-state index contributed by atoms with van der Waals surface area (Å²) in [4.78, 5) is 45.2. The molecule has 2 aliphatic rings. The second-order valence-corrected chi connectivity index (χ2v) is 10.8. The summed E-state index contributed by atoms with van der Waals surface area (Å²) in [5.74, 6) is -1.09. The number of nitrogens with one attached hydrogen (secondary N) is 2. The van der Waals surface area contributed by atoms with Crippen molar-refractivity contribution in [2.45, 2.75) is 37.1 Å². The van der Waals surface area contributed by atoms with E-state index >= 15 is 0 Å². The Kier molecular flexibility index (Phi) is 8.56. The molecule has 1 aliphatic carbocycles. The van der Waals surface area contributed by atoms with Crippen molar-refractivity contribution in [2.75, 3.05) is 18.8 Å². The van der Waals surface area contributed by atoms with Gasteiger partial charge >= 0.3 is 12.1 Å². The number of rotatable bonds is 9. The molecule has 44 heavy (non-hydrogen) atoms. The molecule has 0 spiro atoms. The van der Waals surface area contributed by atoms with Gasteiger partial charge in [0, 0.05) is 18.8 Å². The van der Waals surface area contributed by atoms with E-state index in [9.17, 15) is 14.4 Å². The molecule has 0 aromatic heterocycles. The topological polar surface area (TPSA) is 106 Å². The fourth-order valence-electron chi connectivity index (χ4n) is 5.86. The Morgan fingerprint density at radius 1 is 0.841 bits per heavy atom. The molecular formula is C35H33N3O6. The molecule has 4 aromatic carbocycles. The standard InChI is InChI=1S/C35H33N3O6/c1-42-34(40)31-21-32(38(44-31)24-14-6-3-7-15-24)37-33(39)30(20-23-12-4-2-5-13-23)36-35(41)43-22-29-27-18-10-8-16-25(27)26-17-9-11-19-28(26)29/h2-19,29-32H,20-22H2,1H3,(H,36,41)(H,37,39)/t30-,31+,32+/m0/s1. The maximum atomic E-state index is 13.8. The van der Waals surface area contributed by atoms with Crippen LogP contribution in [0.1, 0.15) is 29.0 Å². The number of para-hydroxylation sites is 1. The van der Waals surface area contributed by atoms with Crippen LogP contribution in [0.4, 0.5) is 10.5 Å². The minimum Gasteiger partial charge on any atom is -0.467 e. The van der Waals surface area contributed by atoms with Crippen molar-refractivity contribution in [3.63, 3.8) is 0 Å². The van der Waals surface area contributed by atoms with Crippen LogP contribution in [0.3, 0.4) is 0 Å². The first-order valence-corrected chi connectivity index (χ1v) is 14.6. The number of carbonyl (C=O) groups is 3. The van der Waals surface area contributed by atoms with Crippen LogP contribution in [0, 0.1) is 0 Å². The van der Waals surface area contributed by atoms with Crippen molar-refractivity contribution in [3.05, 3.63) is 126 Å². The van der Waals surface area contributed by atoms with Crippen LogP contribution in [0.15, 0.2) is 109 Å². The van der Waals surface area contributed by atoms with Crippen LogP contribution < -0.4 is 15.7 Å². The fourth-order valence-corrected chi connectivity index (χ4v) is 5.86. The highest BCUT2D eigenvalue weighted by atomic mass is 16.7. The molecule has 3 atom stereocenters. The monoisotopic (exact) mass is 591 g/mol. The van der Waals surface area contributed by atoms with Crippen LogP contribution in [-0.4, -0.2) is 50.0 Å². The number of benzene rings is 4. The molecule has 0 radical (unpaired) electrons. The number of ether oxygens (including phenoxy) is 2. The minimum absolute atomic E-state index is 0.111. The van der Waals surface area contributed by atoms with Gasteiger partial charge in [0.2, 0.25) is 5.91 Å². The number of hydrogen-bond donors (Lipinski definition) is 2. The number of hydroxylamine groups is 1. The zero-order valence-electron chi connectivity index (χ0n) is 24.2. The predicted octanol–water partition coefficient (Wildman–Crippen LogP) is 4.96. The van der Waals surface area contributed by atoms with Gasteiger partial charge in [-0.2, -0.15) is 0 Å². The van der Waals surface area contributed by atoms with Gasteiger partial charge in [0.15, 0.2) is 6.10 Å². The van der Waals surface area contributed by atoms with E-state index in [1.54, 1.807) is 0 Å². The van der Waals surface area contributed by atoms with Gasteiger partial charge in [-0.05, 0) is 39.9 Å². The van der Waals surface area contributed by atoms with Crippen molar-refractivity contribution in [2.24, 2.45) is 0 Å². The predicted molar refractivity (Wildman–Crippen MR) is 164 cm³/mol. The molecule has 224 valence electrons. The number of hydrogen-bond acceptors (Lipinski definition) is 7. The molecule has 2 amide bonds. The third kappa shape index (κ3) is 6.14. The summed E-state index contributed by atoms with van der Waals surface area (Å²) >= 11 is 0. The second kappa shape index (κ2) is 13.0. The number of nitrogens with zero attached hydrogens (tertiary/aromatic N) is 1. The first-order chi connectivity index (χ1) is 21.5. The van der Waals surface area contributed by atoms with Gasteiger partial charge < -0.3 is 20.1 Å². The Labute approximate surface area is 255 Å². The van der Waals surface area contributed by atoms with E-state index in [2.05, 4.69) is 34.9 Å². The SMILES string of the molecule is COC(=O)[C@H]1C[C@H](NC(=O)[C@H](Cc2ccccc2)NC(=O)OCC2c3ccccc3-c3ccccc32)N(c2ccccc2)O1. The number of fused-ring (bicyclic) bond motifs is 3. The summed E-state index contributed by atoms with van der Waals surface area (Å²) in [6, 6.07) is 33.8. The number of carbonyl (C=O) groups excluding carboxylic acids is 3. The number of methoxy groups -OCH3 is 1. The van der Waals surface area contributed by atoms with Crippen molar-refractivity contribution < 1.29 is 28.7 Å². The molecule has 4 aromatic rings. The highest BCUT2D eigenvalue weighted by Crippen LogP contribution is 2.44. The Balaban J connectivity index is 1.17. The fraction of sp³-hybridized carbons (Fsp3) is 0.229. The highest BCUT2D eigenvalue weighted by Gasteiger charge is 2.40. The van der Waals surface area contributed by atoms with E-state index in [0.29, 0.717) is 5.69 Å². The van der Waals surface area contributed by atoms with E-state index < -0.39 is 36.3 Å². The average Bonchev–Trinajstić information content (AvgIpc) is 3.63. The quantitative estimate of drug-likeness (QED) is 0.265. The van der Waals surface area contributed by atoms with Gasteiger partial charge in [-0.1, -0.05) is 97.1 Å². The molecule has 9 heteroatoms. The Morgan fingerprint density at radius 2 is 1.43 bits per heavy atom. The third-order valence-electron chi connectivity index (χ3n) is 7.98. The summed E-state index contributed by atoms with van der Waals surface area (Å²) in [6.07, 6.45) is -1.88. The van der Waals surface area contributed by atoms with Crippen LogP contribution in [0.5, 0.6) is 0 Å². The van der Waals surface area contributed by atoms with Crippen molar-refractivity contribution in [1.29, 1.82) is 0 Å².